The first-order valence-corrected chi connectivity index (χ1v) is 7.32. The summed E-state index contributed by atoms with van der Waals surface area (Å²) in [6, 6.07) is 8.32. The third-order valence-electron chi connectivity index (χ3n) is 4.24. The summed E-state index contributed by atoms with van der Waals surface area (Å²) in [6.07, 6.45) is 2.64. The van der Waals surface area contributed by atoms with Crippen LogP contribution in [0.3, 0.4) is 0 Å². The Morgan fingerprint density at radius 3 is 2.81 bits per heavy atom. The number of aryl methyl sites for hydroxylation is 1. The first-order valence-electron chi connectivity index (χ1n) is 7.32. The largest absolute Gasteiger partial charge is 0.409 e. The van der Waals surface area contributed by atoms with Gasteiger partial charge >= 0.3 is 0 Å². The number of rotatable bonds is 4. The zero-order chi connectivity index (χ0) is 15.4. The van der Waals surface area contributed by atoms with Crippen molar-refractivity contribution in [3.63, 3.8) is 0 Å². The number of fused-ring (bicyclic) bond motifs is 1. The highest BCUT2D eigenvalue weighted by Gasteiger charge is 2.27. The molecule has 5 heteroatoms. The highest BCUT2D eigenvalue weighted by Crippen LogP contribution is 2.26. The minimum Gasteiger partial charge on any atom is -0.409 e. The Labute approximate surface area is 125 Å². The Balaban J connectivity index is 1.98. The standard InChI is InChI=1S/C16H23N3O2/c1-11(15(17)18-21)10-19(2)16(20)14-8-7-12-5-3-4-6-13(12)9-14/h3-6,11,14,21H,7-10H2,1-2H3,(H2,17,18). The summed E-state index contributed by atoms with van der Waals surface area (Å²) in [6.45, 7) is 2.31. The fourth-order valence-electron chi connectivity index (χ4n) is 2.91. The van der Waals surface area contributed by atoms with Crippen molar-refractivity contribution in [2.75, 3.05) is 13.6 Å². The van der Waals surface area contributed by atoms with E-state index in [1.54, 1.807) is 11.9 Å². The van der Waals surface area contributed by atoms with Crippen molar-refractivity contribution >= 4 is 11.7 Å². The van der Waals surface area contributed by atoms with Crippen molar-refractivity contribution in [1.82, 2.24) is 4.90 Å². The number of hydrogen-bond donors (Lipinski definition) is 2. The van der Waals surface area contributed by atoms with E-state index in [1.807, 2.05) is 19.1 Å². The number of amides is 1. The molecule has 0 aliphatic heterocycles. The number of hydrogen-bond acceptors (Lipinski definition) is 3. The Kier molecular flexibility index (Phi) is 4.83. The Bertz CT molecular complexity index is 542. The highest BCUT2D eigenvalue weighted by molar-refractivity contribution is 5.84. The van der Waals surface area contributed by atoms with Crippen molar-refractivity contribution in [2.24, 2.45) is 22.7 Å². The van der Waals surface area contributed by atoms with Gasteiger partial charge in [0.2, 0.25) is 5.91 Å². The van der Waals surface area contributed by atoms with Crippen LogP contribution in [0.1, 0.15) is 24.5 Å². The van der Waals surface area contributed by atoms with Crippen molar-refractivity contribution in [3.05, 3.63) is 35.4 Å². The monoisotopic (exact) mass is 289 g/mol. The summed E-state index contributed by atoms with van der Waals surface area (Å²) >= 11 is 0. The van der Waals surface area contributed by atoms with Gasteiger partial charge in [0, 0.05) is 25.4 Å². The van der Waals surface area contributed by atoms with Gasteiger partial charge in [-0.2, -0.15) is 0 Å². The molecule has 0 bridgehead atoms. The van der Waals surface area contributed by atoms with Crippen LogP contribution in [-0.4, -0.2) is 35.4 Å². The van der Waals surface area contributed by atoms with E-state index >= 15 is 0 Å². The van der Waals surface area contributed by atoms with E-state index in [2.05, 4.69) is 17.3 Å². The molecule has 2 unspecified atom stereocenters. The van der Waals surface area contributed by atoms with Crippen LogP contribution in [0.25, 0.3) is 0 Å². The van der Waals surface area contributed by atoms with Crippen molar-refractivity contribution < 1.29 is 10.0 Å². The molecule has 1 aliphatic rings. The van der Waals surface area contributed by atoms with Crippen LogP contribution < -0.4 is 5.73 Å². The van der Waals surface area contributed by atoms with E-state index in [4.69, 9.17) is 10.9 Å². The summed E-state index contributed by atoms with van der Waals surface area (Å²) in [5.74, 6) is 0.176. The molecule has 0 aromatic heterocycles. The molecule has 2 rings (SSSR count). The third kappa shape index (κ3) is 3.54. The zero-order valence-electron chi connectivity index (χ0n) is 12.6. The Morgan fingerprint density at radius 2 is 2.14 bits per heavy atom. The topological polar surface area (TPSA) is 78.9 Å². The summed E-state index contributed by atoms with van der Waals surface area (Å²) < 4.78 is 0. The first kappa shape index (κ1) is 15.4. The van der Waals surface area contributed by atoms with E-state index in [-0.39, 0.29) is 23.6 Å². The minimum atomic E-state index is -0.153. The molecule has 1 aliphatic carbocycles. The maximum atomic E-state index is 12.5. The fourth-order valence-corrected chi connectivity index (χ4v) is 2.91. The molecule has 0 saturated carbocycles. The quantitative estimate of drug-likeness (QED) is 0.383. The molecule has 21 heavy (non-hydrogen) atoms. The van der Waals surface area contributed by atoms with Crippen LogP contribution in [-0.2, 0) is 17.6 Å². The third-order valence-corrected chi connectivity index (χ3v) is 4.24. The number of carbonyl (C=O) groups excluding carboxylic acids is 1. The number of oxime groups is 1. The lowest BCUT2D eigenvalue weighted by Gasteiger charge is -2.29. The smallest absolute Gasteiger partial charge is 0.225 e. The molecule has 1 aromatic carbocycles. The maximum absolute atomic E-state index is 12.5. The lowest BCUT2D eigenvalue weighted by atomic mass is 9.83. The molecule has 0 fully saturated rings. The van der Waals surface area contributed by atoms with Gasteiger partial charge in [0.15, 0.2) is 0 Å². The molecule has 0 radical (unpaired) electrons. The maximum Gasteiger partial charge on any atom is 0.225 e. The van der Waals surface area contributed by atoms with Gasteiger partial charge in [-0.15, -0.1) is 0 Å². The summed E-state index contributed by atoms with van der Waals surface area (Å²) in [5.41, 5.74) is 8.20. The number of nitrogens with two attached hydrogens (primary N) is 1. The van der Waals surface area contributed by atoms with Crippen LogP contribution in [0, 0.1) is 11.8 Å². The van der Waals surface area contributed by atoms with E-state index < -0.39 is 0 Å². The molecule has 114 valence electrons. The fraction of sp³-hybridized carbons (Fsp3) is 0.500. The second-order valence-electron chi connectivity index (χ2n) is 5.85. The van der Waals surface area contributed by atoms with Gasteiger partial charge in [-0.05, 0) is 30.4 Å². The molecule has 1 amide bonds. The van der Waals surface area contributed by atoms with Crippen molar-refractivity contribution in [2.45, 2.75) is 26.2 Å². The molecule has 0 saturated heterocycles. The van der Waals surface area contributed by atoms with E-state index in [1.165, 1.54) is 11.1 Å². The van der Waals surface area contributed by atoms with Crippen molar-refractivity contribution in [1.29, 1.82) is 0 Å². The van der Waals surface area contributed by atoms with E-state index in [0.29, 0.717) is 6.54 Å². The number of carbonyl (C=O) groups is 1. The summed E-state index contributed by atoms with van der Waals surface area (Å²) in [7, 11) is 1.78. The van der Waals surface area contributed by atoms with Gasteiger partial charge in [0.05, 0.1) is 0 Å². The minimum absolute atomic E-state index is 0.0318. The molecule has 3 N–H and O–H groups in total. The first-order chi connectivity index (χ1) is 10.0. The molecular formula is C16H23N3O2. The van der Waals surface area contributed by atoms with E-state index in [9.17, 15) is 4.79 Å². The average Bonchev–Trinajstić information content (AvgIpc) is 2.52. The Hall–Kier alpha value is -2.04. The highest BCUT2D eigenvalue weighted by atomic mass is 16.4. The Morgan fingerprint density at radius 1 is 1.48 bits per heavy atom. The number of benzene rings is 1. The number of nitrogens with zero attached hydrogens (tertiary/aromatic N) is 2. The molecule has 1 aromatic rings. The van der Waals surface area contributed by atoms with E-state index in [0.717, 1.165) is 19.3 Å². The second kappa shape index (κ2) is 6.61. The lowest BCUT2D eigenvalue weighted by Crippen LogP contribution is -2.40. The van der Waals surface area contributed by atoms with Crippen LogP contribution in [0.2, 0.25) is 0 Å². The molecule has 0 heterocycles. The van der Waals surface area contributed by atoms with Gasteiger partial charge in [-0.3, -0.25) is 4.79 Å². The summed E-state index contributed by atoms with van der Waals surface area (Å²) in [5, 5.41) is 11.7. The predicted octanol–water partition coefficient (Wildman–Crippen LogP) is 1.63. The van der Waals surface area contributed by atoms with Crippen LogP contribution >= 0.6 is 0 Å². The molecular weight excluding hydrogens is 266 g/mol. The zero-order valence-corrected chi connectivity index (χ0v) is 12.6. The molecule has 2 atom stereocenters. The van der Waals surface area contributed by atoms with Crippen molar-refractivity contribution in [3.8, 4) is 0 Å². The molecule has 5 nitrogen and oxygen atoms in total. The van der Waals surface area contributed by atoms with Crippen LogP contribution in [0.4, 0.5) is 0 Å². The SMILES string of the molecule is CC(CN(C)C(=O)C1CCc2ccccc2C1)/C(N)=N/O. The van der Waals surface area contributed by atoms with Gasteiger partial charge < -0.3 is 15.8 Å². The normalized spacial score (nSPS) is 19.7. The average molecular weight is 289 g/mol. The lowest BCUT2D eigenvalue weighted by molar-refractivity contribution is -0.134. The van der Waals surface area contributed by atoms with Gasteiger partial charge in [-0.1, -0.05) is 36.3 Å². The summed E-state index contributed by atoms with van der Waals surface area (Å²) in [4.78, 5) is 14.2. The number of amidine groups is 1. The van der Waals surface area contributed by atoms with Gasteiger partial charge in [0.25, 0.3) is 0 Å². The molecule has 0 spiro atoms. The van der Waals surface area contributed by atoms with Gasteiger partial charge in [0.1, 0.15) is 5.84 Å². The van der Waals surface area contributed by atoms with Crippen LogP contribution in [0.5, 0.6) is 0 Å². The second-order valence-corrected chi connectivity index (χ2v) is 5.85. The predicted molar refractivity (Wildman–Crippen MR) is 82.2 cm³/mol. The van der Waals surface area contributed by atoms with Crippen LogP contribution in [0.15, 0.2) is 29.4 Å². The van der Waals surface area contributed by atoms with Gasteiger partial charge in [-0.25, -0.2) is 0 Å².